The van der Waals surface area contributed by atoms with Gasteiger partial charge in [-0.3, -0.25) is 4.90 Å². The van der Waals surface area contributed by atoms with E-state index in [-0.39, 0.29) is 0 Å². The third kappa shape index (κ3) is 5.87. The lowest BCUT2D eigenvalue weighted by Gasteiger charge is -2.31. The van der Waals surface area contributed by atoms with Crippen molar-refractivity contribution < 1.29 is 13.9 Å². The zero-order chi connectivity index (χ0) is 18.2. The molecule has 3 rings (SSSR count). The van der Waals surface area contributed by atoms with E-state index in [0.29, 0.717) is 12.6 Å². The molecule has 2 heterocycles. The lowest BCUT2D eigenvalue weighted by Crippen LogP contribution is -2.38. The molecule has 1 aromatic heterocycles. The van der Waals surface area contributed by atoms with Gasteiger partial charge in [-0.2, -0.15) is 0 Å². The molecule has 0 spiro atoms. The maximum absolute atomic E-state index is 5.96. The van der Waals surface area contributed by atoms with E-state index in [1.165, 1.54) is 5.56 Å². The minimum Gasteiger partial charge on any atom is -0.492 e. The molecule has 1 fully saturated rings. The molecule has 1 saturated heterocycles. The van der Waals surface area contributed by atoms with Crippen molar-refractivity contribution in [2.75, 3.05) is 33.4 Å². The number of hydrogen-bond donors (Lipinski definition) is 1. The summed E-state index contributed by atoms with van der Waals surface area (Å²) < 4.78 is 17.0. The molecular formula is C21H30N2O3. The zero-order valence-corrected chi connectivity index (χ0v) is 15.9. The van der Waals surface area contributed by atoms with E-state index in [4.69, 9.17) is 13.9 Å². The molecule has 0 aliphatic carbocycles. The number of furan rings is 1. The fourth-order valence-electron chi connectivity index (χ4n) is 3.27. The average Bonchev–Trinajstić information content (AvgIpc) is 3.08. The summed E-state index contributed by atoms with van der Waals surface area (Å²) in [4.78, 5) is 2.39. The topological polar surface area (TPSA) is 46.9 Å². The average molecular weight is 358 g/mol. The minimum absolute atomic E-state index is 0.619. The molecule has 2 aromatic rings. The Morgan fingerprint density at radius 2 is 2.00 bits per heavy atom. The second kappa shape index (κ2) is 9.76. The number of likely N-dealkylation sites (N-methyl/N-ethyl adjacent to an activating group) is 1. The summed E-state index contributed by atoms with van der Waals surface area (Å²) in [5.74, 6) is 2.84. The molecule has 1 aliphatic rings. The van der Waals surface area contributed by atoms with Crippen molar-refractivity contribution in [1.29, 1.82) is 0 Å². The van der Waals surface area contributed by atoms with Crippen LogP contribution in [0.1, 0.15) is 29.9 Å². The Bertz CT molecular complexity index is 665. The normalized spacial score (nSPS) is 15.5. The van der Waals surface area contributed by atoms with Gasteiger partial charge in [0.2, 0.25) is 0 Å². The Morgan fingerprint density at radius 1 is 1.15 bits per heavy atom. The van der Waals surface area contributed by atoms with Gasteiger partial charge < -0.3 is 19.2 Å². The molecule has 5 heteroatoms. The molecule has 5 nitrogen and oxygen atoms in total. The predicted octanol–water partition coefficient (Wildman–Crippen LogP) is 3.37. The SMILES string of the molecule is Cc1ccc(CNCc2cccc(OCCN(C)C3CCOCC3)c2)o1. The number of hydrogen-bond acceptors (Lipinski definition) is 5. The van der Waals surface area contributed by atoms with Crippen LogP contribution in [0.15, 0.2) is 40.8 Å². The lowest BCUT2D eigenvalue weighted by molar-refractivity contribution is 0.0392. The van der Waals surface area contributed by atoms with Gasteiger partial charge in [-0.15, -0.1) is 0 Å². The third-order valence-electron chi connectivity index (χ3n) is 4.85. The summed E-state index contributed by atoms with van der Waals surface area (Å²) in [6.45, 7) is 6.88. The van der Waals surface area contributed by atoms with E-state index in [0.717, 1.165) is 63.0 Å². The summed E-state index contributed by atoms with van der Waals surface area (Å²) in [5.41, 5.74) is 1.21. The number of rotatable bonds is 9. The molecule has 1 aromatic carbocycles. The monoisotopic (exact) mass is 358 g/mol. The summed E-state index contributed by atoms with van der Waals surface area (Å²) in [6, 6.07) is 12.9. The van der Waals surface area contributed by atoms with E-state index in [1.54, 1.807) is 0 Å². The van der Waals surface area contributed by atoms with Crippen LogP contribution in [0.2, 0.25) is 0 Å². The van der Waals surface area contributed by atoms with Gasteiger partial charge in [0.05, 0.1) is 6.54 Å². The molecule has 1 N–H and O–H groups in total. The van der Waals surface area contributed by atoms with Crippen molar-refractivity contribution in [2.24, 2.45) is 0 Å². The molecule has 1 aliphatic heterocycles. The Labute approximate surface area is 156 Å². The van der Waals surface area contributed by atoms with Crippen molar-refractivity contribution in [2.45, 2.75) is 38.9 Å². The number of aryl methyl sites for hydroxylation is 1. The second-order valence-electron chi connectivity index (χ2n) is 6.94. The van der Waals surface area contributed by atoms with E-state index in [9.17, 15) is 0 Å². The van der Waals surface area contributed by atoms with E-state index >= 15 is 0 Å². The zero-order valence-electron chi connectivity index (χ0n) is 15.9. The first kappa shape index (κ1) is 19.0. The number of benzene rings is 1. The number of nitrogens with one attached hydrogen (secondary N) is 1. The lowest BCUT2D eigenvalue weighted by atomic mass is 10.1. The van der Waals surface area contributed by atoms with Crippen LogP contribution in [0.3, 0.4) is 0 Å². The van der Waals surface area contributed by atoms with Crippen molar-refractivity contribution in [3.05, 3.63) is 53.5 Å². The van der Waals surface area contributed by atoms with E-state index < -0.39 is 0 Å². The van der Waals surface area contributed by atoms with Gasteiger partial charge in [0, 0.05) is 32.3 Å². The fraction of sp³-hybridized carbons (Fsp3) is 0.524. The first-order chi connectivity index (χ1) is 12.7. The van der Waals surface area contributed by atoms with Crippen LogP contribution < -0.4 is 10.1 Å². The van der Waals surface area contributed by atoms with Crippen LogP contribution in [0.4, 0.5) is 0 Å². The first-order valence-corrected chi connectivity index (χ1v) is 9.46. The number of ether oxygens (including phenoxy) is 2. The Morgan fingerprint density at radius 3 is 2.77 bits per heavy atom. The molecule has 26 heavy (non-hydrogen) atoms. The van der Waals surface area contributed by atoms with Crippen LogP contribution in [0.5, 0.6) is 5.75 Å². The summed E-state index contributed by atoms with van der Waals surface area (Å²) in [7, 11) is 2.18. The van der Waals surface area contributed by atoms with Gasteiger partial charge >= 0.3 is 0 Å². The molecule has 0 saturated carbocycles. The molecule has 142 valence electrons. The minimum atomic E-state index is 0.619. The maximum atomic E-state index is 5.96. The van der Waals surface area contributed by atoms with Crippen LogP contribution in [0, 0.1) is 6.92 Å². The van der Waals surface area contributed by atoms with Crippen LogP contribution in [0.25, 0.3) is 0 Å². The molecule has 0 unspecified atom stereocenters. The predicted molar refractivity (Wildman–Crippen MR) is 102 cm³/mol. The van der Waals surface area contributed by atoms with Crippen LogP contribution >= 0.6 is 0 Å². The molecule has 0 amide bonds. The van der Waals surface area contributed by atoms with Crippen molar-refractivity contribution in [3.8, 4) is 5.75 Å². The second-order valence-corrected chi connectivity index (χ2v) is 6.94. The van der Waals surface area contributed by atoms with Crippen molar-refractivity contribution in [1.82, 2.24) is 10.2 Å². The number of nitrogens with zero attached hydrogens (tertiary/aromatic N) is 1. The smallest absolute Gasteiger partial charge is 0.119 e. The summed E-state index contributed by atoms with van der Waals surface area (Å²) in [5, 5.41) is 3.41. The highest BCUT2D eigenvalue weighted by Gasteiger charge is 2.17. The van der Waals surface area contributed by atoms with Gasteiger partial charge in [0.15, 0.2) is 0 Å². The molecule has 0 bridgehead atoms. The highest BCUT2D eigenvalue weighted by molar-refractivity contribution is 5.28. The molecule has 0 atom stereocenters. The fourth-order valence-corrected chi connectivity index (χ4v) is 3.27. The van der Waals surface area contributed by atoms with Gasteiger partial charge in [0.1, 0.15) is 23.9 Å². The largest absolute Gasteiger partial charge is 0.492 e. The van der Waals surface area contributed by atoms with Gasteiger partial charge in [-0.25, -0.2) is 0 Å². The van der Waals surface area contributed by atoms with Crippen molar-refractivity contribution >= 4 is 0 Å². The van der Waals surface area contributed by atoms with E-state index in [1.807, 2.05) is 31.2 Å². The summed E-state index contributed by atoms with van der Waals surface area (Å²) in [6.07, 6.45) is 2.24. The first-order valence-electron chi connectivity index (χ1n) is 9.46. The molecule has 0 radical (unpaired) electrons. The van der Waals surface area contributed by atoms with Gasteiger partial charge in [-0.05, 0) is 56.6 Å². The highest BCUT2D eigenvalue weighted by atomic mass is 16.5. The Balaban J connectivity index is 1.39. The third-order valence-corrected chi connectivity index (χ3v) is 4.85. The Kier molecular flexibility index (Phi) is 7.12. The van der Waals surface area contributed by atoms with Gasteiger partial charge in [0.25, 0.3) is 0 Å². The molecular weight excluding hydrogens is 328 g/mol. The van der Waals surface area contributed by atoms with Gasteiger partial charge in [-0.1, -0.05) is 12.1 Å². The quantitative estimate of drug-likeness (QED) is 0.745. The van der Waals surface area contributed by atoms with Crippen molar-refractivity contribution in [3.63, 3.8) is 0 Å². The standard InChI is InChI=1S/C21H30N2O3/c1-17-6-7-21(26-17)16-22-15-18-4-3-5-20(14-18)25-13-10-23(2)19-8-11-24-12-9-19/h3-7,14,19,22H,8-13,15-16H2,1-2H3. The summed E-state index contributed by atoms with van der Waals surface area (Å²) >= 11 is 0. The highest BCUT2D eigenvalue weighted by Crippen LogP contribution is 2.15. The maximum Gasteiger partial charge on any atom is 0.119 e. The van der Waals surface area contributed by atoms with Crippen LogP contribution in [-0.2, 0) is 17.8 Å². The van der Waals surface area contributed by atoms with Crippen LogP contribution in [-0.4, -0.2) is 44.4 Å². The van der Waals surface area contributed by atoms with E-state index in [2.05, 4.69) is 29.4 Å². The Hall–Kier alpha value is -1.82.